The lowest BCUT2D eigenvalue weighted by molar-refractivity contribution is 0.711. The quantitative estimate of drug-likeness (QED) is 0.865. The van der Waals surface area contributed by atoms with E-state index in [1.165, 1.54) is 3.57 Å². The molecular formula is C11H13IN2. The zero-order valence-corrected chi connectivity index (χ0v) is 10.3. The Balaban J connectivity index is 2.59. The molecule has 0 spiro atoms. The Bertz CT molecular complexity index is 313. The molecule has 0 saturated heterocycles. The van der Waals surface area contributed by atoms with Gasteiger partial charge in [-0.2, -0.15) is 5.26 Å². The molecule has 1 aromatic rings. The number of nitrogens with one attached hydrogen (secondary N) is 1. The predicted molar refractivity (Wildman–Crippen MR) is 67.1 cm³/mol. The summed E-state index contributed by atoms with van der Waals surface area (Å²) in [5.74, 6) is 0. The van der Waals surface area contributed by atoms with Crippen LogP contribution in [0, 0.1) is 14.9 Å². The van der Waals surface area contributed by atoms with Gasteiger partial charge in [0, 0.05) is 15.3 Å². The molecule has 1 atom stereocenters. The third-order valence-electron chi connectivity index (χ3n) is 2.05. The highest BCUT2D eigenvalue weighted by Gasteiger charge is 2.04. The lowest BCUT2D eigenvalue weighted by Gasteiger charge is -2.14. The molecule has 2 nitrogen and oxygen atoms in total. The summed E-state index contributed by atoms with van der Waals surface area (Å²) in [6, 6.07) is 10.7. The minimum absolute atomic E-state index is 0.264. The number of hydrogen-bond acceptors (Lipinski definition) is 2. The second-order valence-corrected chi connectivity index (χ2v) is 4.36. The molecular weight excluding hydrogens is 287 g/mol. The van der Waals surface area contributed by atoms with Crippen LogP contribution in [-0.4, -0.2) is 6.04 Å². The summed E-state index contributed by atoms with van der Waals surface area (Å²) >= 11 is 2.28. The first-order valence-corrected chi connectivity index (χ1v) is 5.73. The highest BCUT2D eigenvalue weighted by molar-refractivity contribution is 14.1. The van der Waals surface area contributed by atoms with E-state index in [1.54, 1.807) is 0 Å². The minimum Gasteiger partial charge on any atom is -0.381 e. The monoisotopic (exact) mass is 300 g/mol. The van der Waals surface area contributed by atoms with Crippen molar-refractivity contribution in [3.8, 4) is 6.07 Å². The van der Waals surface area contributed by atoms with Gasteiger partial charge >= 0.3 is 0 Å². The van der Waals surface area contributed by atoms with Gasteiger partial charge in [0.25, 0.3) is 0 Å². The number of benzene rings is 1. The zero-order chi connectivity index (χ0) is 10.4. The number of hydrogen-bond donors (Lipinski definition) is 1. The number of nitrogens with zero attached hydrogens (tertiary/aromatic N) is 1. The van der Waals surface area contributed by atoms with E-state index in [-0.39, 0.29) is 6.04 Å². The second-order valence-electron chi connectivity index (χ2n) is 3.12. The molecule has 0 aromatic heterocycles. The van der Waals surface area contributed by atoms with Gasteiger partial charge < -0.3 is 5.32 Å². The lowest BCUT2D eigenvalue weighted by Crippen LogP contribution is -2.17. The Morgan fingerprint density at radius 3 is 2.57 bits per heavy atom. The van der Waals surface area contributed by atoms with Gasteiger partial charge in [-0.1, -0.05) is 6.92 Å². The van der Waals surface area contributed by atoms with E-state index in [2.05, 4.69) is 53.0 Å². The van der Waals surface area contributed by atoms with Crippen LogP contribution in [0.25, 0.3) is 0 Å². The second kappa shape index (κ2) is 5.86. The van der Waals surface area contributed by atoms with E-state index in [0.29, 0.717) is 6.42 Å². The predicted octanol–water partition coefficient (Wildman–Crippen LogP) is 3.40. The largest absolute Gasteiger partial charge is 0.381 e. The maximum absolute atomic E-state index is 8.60. The first-order valence-electron chi connectivity index (χ1n) is 4.65. The van der Waals surface area contributed by atoms with Crippen molar-refractivity contribution in [2.45, 2.75) is 25.8 Å². The summed E-state index contributed by atoms with van der Waals surface area (Å²) in [4.78, 5) is 0. The van der Waals surface area contributed by atoms with Gasteiger partial charge in [0.05, 0.1) is 12.5 Å². The van der Waals surface area contributed by atoms with Crippen molar-refractivity contribution >= 4 is 28.3 Å². The summed E-state index contributed by atoms with van der Waals surface area (Å²) < 4.78 is 1.22. The number of rotatable bonds is 4. The van der Waals surface area contributed by atoms with E-state index < -0.39 is 0 Å². The van der Waals surface area contributed by atoms with Crippen LogP contribution in [0.1, 0.15) is 19.8 Å². The van der Waals surface area contributed by atoms with Crippen molar-refractivity contribution < 1.29 is 0 Å². The van der Waals surface area contributed by atoms with E-state index in [0.717, 1.165) is 12.1 Å². The fourth-order valence-corrected chi connectivity index (χ4v) is 1.55. The van der Waals surface area contributed by atoms with E-state index in [9.17, 15) is 0 Å². The molecule has 0 amide bonds. The van der Waals surface area contributed by atoms with Gasteiger partial charge in [-0.3, -0.25) is 0 Å². The smallest absolute Gasteiger partial charge is 0.0643 e. The molecule has 3 heteroatoms. The van der Waals surface area contributed by atoms with Gasteiger partial charge in [-0.05, 0) is 53.3 Å². The van der Waals surface area contributed by atoms with Gasteiger partial charge in [0.2, 0.25) is 0 Å². The molecule has 0 aliphatic carbocycles. The van der Waals surface area contributed by atoms with Crippen LogP contribution in [0.4, 0.5) is 5.69 Å². The van der Waals surface area contributed by atoms with Crippen LogP contribution < -0.4 is 5.32 Å². The molecule has 0 radical (unpaired) electrons. The van der Waals surface area contributed by atoms with Crippen molar-refractivity contribution in [3.63, 3.8) is 0 Å². The van der Waals surface area contributed by atoms with E-state index in [4.69, 9.17) is 5.26 Å². The fourth-order valence-electron chi connectivity index (χ4n) is 1.19. The topological polar surface area (TPSA) is 35.8 Å². The van der Waals surface area contributed by atoms with Gasteiger partial charge in [-0.15, -0.1) is 0 Å². The van der Waals surface area contributed by atoms with Crippen LogP contribution in [0.3, 0.4) is 0 Å². The summed E-state index contributed by atoms with van der Waals surface area (Å²) in [7, 11) is 0. The Hall–Kier alpha value is -0.760. The highest BCUT2D eigenvalue weighted by Crippen LogP contribution is 2.13. The molecule has 0 bridgehead atoms. The van der Waals surface area contributed by atoms with Gasteiger partial charge in [-0.25, -0.2) is 0 Å². The van der Waals surface area contributed by atoms with Gasteiger partial charge in [0.15, 0.2) is 0 Å². The van der Waals surface area contributed by atoms with Crippen molar-refractivity contribution in [3.05, 3.63) is 27.8 Å². The molecule has 74 valence electrons. The zero-order valence-electron chi connectivity index (χ0n) is 8.13. The Kier molecular flexibility index (Phi) is 4.74. The molecule has 1 unspecified atom stereocenters. The Morgan fingerprint density at radius 2 is 2.07 bits per heavy atom. The first kappa shape index (κ1) is 11.3. The fraction of sp³-hybridized carbons (Fsp3) is 0.364. The summed E-state index contributed by atoms with van der Waals surface area (Å²) in [6.45, 7) is 2.09. The molecule has 1 rings (SSSR count). The van der Waals surface area contributed by atoms with Crippen LogP contribution in [-0.2, 0) is 0 Å². The molecule has 0 fully saturated rings. The summed E-state index contributed by atoms with van der Waals surface area (Å²) in [6.07, 6.45) is 1.53. The average Bonchev–Trinajstić information content (AvgIpc) is 2.20. The van der Waals surface area contributed by atoms with Crippen molar-refractivity contribution in [1.82, 2.24) is 0 Å². The van der Waals surface area contributed by atoms with E-state index in [1.807, 2.05) is 12.1 Å². The maximum Gasteiger partial charge on any atom is 0.0643 e. The first-order chi connectivity index (χ1) is 6.76. The molecule has 14 heavy (non-hydrogen) atoms. The molecule has 1 N–H and O–H groups in total. The van der Waals surface area contributed by atoms with Crippen LogP contribution >= 0.6 is 22.6 Å². The minimum atomic E-state index is 0.264. The third-order valence-corrected chi connectivity index (χ3v) is 2.76. The molecule has 0 saturated carbocycles. The van der Waals surface area contributed by atoms with Crippen molar-refractivity contribution in [2.24, 2.45) is 0 Å². The molecule has 0 heterocycles. The standard InChI is InChI=1S/C11H13IN2/c1-2-10(7-8-13)14-11-5-3-9(12)4-6-11/h3-6,10,14H,2,7H2,1H3. The summed E-state index contributed by atoms with van der Waals surface area (Å²) in [5.41, 5.74) is 1.09. The van der Waals surface area contributed by atoms with Crippen LogP contribution in [0.2, 0.25) is 0 Å². The third kappa shape index (κ3) is 3.54. The number of anilines is 1. The molecule has 1 aromatic carbocycles. The van der Waals surface area contributed by atoms with Crippen LogP contribution in [0.5, 0.6) is 0 Å². The van der Waals surface area contributed by atoms with Crippen molar-refractivity contribution in [1.29, 1.82) is 5.26 Å². The lowest BCUT2D eigenvalue weighted by atomic mass is 10.1. The number of halogens is 1. The van der Waals surface area contributed by atoms with Crippen molar-refractivity contribution in [2.75, 3.05) is 5.32 Å². The Labute approximate surface area is 98.5 Å². The number of nitriles is 1. The SMILES string of the molecule is CCC(CC#N)Nc1ccc(I)cc1. The molecule has 0 aliphatic heterocycles. The maximum atomic E-state index is 8.60. The highest BCUT2D eigenvalue weighted by atomic mass is 127. The Morgan fingerprint density at radius 1 is 1.43 bits per heavy atom. The average molecular weight is 300 g/mol. The normalized spacial score (nSPS) is 11.8. The summed E-state index contributed by atoms with van der Waals surface area (Å²) in [5, 5.41) is 11.9. The van der Waals surface area contributed by atoms with Gasteiger partial charge in [0.1, 0.15) is 0 Å². The van der Waals surface area contributed by atoms with E-state index >= 15 is 0 Å². The van der Waals surface area contributed by atoms with Crippen LogP contribution in [0.15, 0.2) is 24.3 Å². The molecule has 0 aliphatic rings.